The molecule has 0 aliphatic carbocycles. The van der Waals surface area contributed by atoms with Gasteiger partial charge in [-0.3, -0.25) is 4.79 Å². The second kappa shape index (κ2) is 9.51. The van der Waals surface area contributed by atoms with Crippen LogP contribution in [0.2, 0.25) is 0 Å². The molecule has 3 rings (SSSR count). The summed E-state index contributed by atoms with van der Waals surface area (Å²) >= 11 is 0. The molecule has 1 aliphatic heterocycles. The van der Waals surface area contributed by atoms with Crippen molar-refractivity contribution < 1.29 is 27.4 Å². The van der Waals surface area contributed by atoms with E-state index in [0.29, 0.717) is 6.61 Å². The Balaban J connectivity index is 1.80. The summed E-state index contributed by atoms with van der Waals surface area (Å²) in [5.41, 5.74) is 1.20. The molecule has 1 fully saturated rings. The van der Waals surface area contributed by atoms with Gasteiger partial charge in [-0.2, -0.15) is 13.2 Å². The fourth-order valence-electron chi connectivity index (χ4n) is 4.02. The van der Waals surface area contributed by atoms with Crippen LogP contribution in [0.4, 0.5) is 13.2 Å². The molecule has 162 valence electrons. The molecule has 0 amide bonds. The molecule has 0 radical (unpaired) electrons. The first kappa shape index (κ1) is 22.2. The molecular weight excluding hydrogens is 395 g/mol. The lowest BCUT2D eigenvalue weighted by Gasteiger charge is -2.38. The molecular formula is C23H26F3NO3. The molecule has 0 bridgehead atoms. The van der Waals surface area contributed by atoms with Gasteiger partial charge in [-0.1, -0.05) is 24.3 Å². The van der Waals surface area contributed by atoms with Gasteiger partial charge in [-0.25, -0.2) is 0 Å². The molecule has 7 heteroatoms. The smallest absolute Gasteiger partial charge is 0.416 e. The number of halogens is 3. The number of ether oxygens (including phenoxy) is 2. The molecule has 2 aromatic rings. The number of rotatable bonds is 6. The van der Waals surface area contributed by atoms with E-state index in [1.165, 1.54) is 12.1 Å². The first-order valence-corrected chi connectivity index (χ1v) is 10.0. The van der Waals surface area contributed by atoms with Gasteiger partial charge in [0.1, 0.15) is 5.75 Å². The van der Waals surface area contributed by atoms with Crippen molar-refractivity contribution in [3.63, 3.8) is 0 Å². The number of methoxy groups -OCH3 is 1. The van der Waals surface area contributed by atoms with E-state index in [1.807, 2.05) is 24.3 Å². The Labute approximate surface area is 174 Å². The lowest BCUT2D eigenvalue weighted by Crippen LogP contribution is -2.43. The Morgan fingerprint density at radius 2 is 1.67 bits per heavy atom. The summed E-state index contributed by atoms with van der Waals surface area (Å²) in [4.78, 5) is 12.2. The van der Waals surface area contributed by atoms with E-state index in [0.717, 1.165) is 41.9 Å². The highest BCUT2D eigenvalue weighted by Crippen LogP contribution is 2.38. The number of nitrogens with one attached hydrogen (secondary N) is 1. The fraction of sp³-hybridized carbons (Fsp3) is 0.435. The maximum atomic E-state index is 12.9. The quantitative estimate of drug-likeness (QED) is 0.648. The van der Waals surface area contributed by atoms with E-state index < -0.39 is 11.7 Å². The van der Waals surface area contributed by atoms with Crippen molar-refractivity contribution in [1.29, 1.82) is 0 Å². The monoisotopic (exact) mass is 421 g/mol. The van der Waals surface area contributed by atoms with E-state index in [-0.39, 0.29) is 30.4 Å². The molecule has 2 aromatic carbocycles. The normalized spacial score (nSPS) is 21.8. The highest BCUT2D eigenvalue weighted by Gasteiger charge is 2.35. The van der Waals surface area contributed by atoms with E-state index in [2.05, 4.69) is 5.32 Å². The first-order chi connectivity index (χ1) is 14.3. The predicted molar refractivity (Wildman–Crippen MR) is 107 cm³/mol. The second-order valence-electron chi connectivity index (χ2n) is 7.41. The lowest BCUT2D eigenvalue weighted by molar-refractivity contribution is -0.144. The van der Waals surface area contributed by atoms with Gasteiger partial charge in [0.15, 0.2) is 0 Å². The molecule has 1 heterocycles. The van der Waals surface area contributed by atoms with Crippen LogP contribution in [0, 0.1) is 0 Å². The summed E-state index contributed by atoms with van der Waals surface area (Å²) in [5.74, 6) is 0.369. The molecule has 30 heavy (non-hydrogen) atoms. The van der Waals surface area contributed by atoms with Crippen LogP contribution in [-0.4, -0.2) is 25.7 Å². The van der Waals surface area contributed by atoms with Gasteiger partial charge < -0.3 is 14.8 Å². The summed E-state index contributed by atoms with van der Waals surface area (Å²) in [6.45, 7) is 2.04. The average molecular weight is 421 g/mol. The van der Waals surface area contributed by atoms with Gasteiger partial charge in [-0.05, 0) is 61.1 Å². The largest absolute Gasteiger partial charge is 0.497 e. The van der Waals surface area contributed by atoms with Gasteiger partial charge in [0, 0.05) is 12.1 Å². The third-order valence-corrected chi connectivity index (χ3v) is 5.54. The highest BCUT2D eigenvalue weighted by atomic mass is 19.4. The summed E-state index contributed by atoms with van der Waals surface area (Å²) < 4.78 is 49.0. The maximum Gasteiger partial charge on any atom is 0.416 e. The number of alkyl halides is 3. The summed E-state index contributed by atoms with van der Waals surface area (Å²) in [6.07, 6.45) is -2.66. The van der Waals surface area contributed by atoms with E-state index in [9.17, 15) is 18.0 Å². The molecule has 0 spiro atoms. The number of piperidine rings is 1. The van der Waals surface area contributed by atoms with Crippen LogP contribution in [0.5, 0.6) is 5.75 Å². The Morgan fingerprint density at radius 3 is 2.23 bits per heavy atom. The van der Waals surface area contributed by atoms with Gasteiger partial charge >= 0.3 is 12.1 Å². The second-order valence-corrected chi connectivity index (χ2v) is 7.41. The van der Waals surface area contributed by atoms with Crippen LogP contribution in [0.15, 0.2) is 48.5 Å². The van der Waals surface area contributed by atoms with Crippen LogP contribution in [-0.2, 0) is 15.7 Å². The fourth-order valence-corrected chi connectivity index (χ4v) is 4.02. The molecule has 4 nitrogen and oxygen atoms in total. The van der Waals surface area contributed by atoms with Crippen LogP contribution in [0.1, 0.15) is 54.8 Å². The summed E-state index contributed by atoms with van der Waals surface area (Å²) in [6, 6.07) is 12.8. The lowest BCUT2D eigenvalue weighted by atomic mass is 9.79. The minimum Gasteiger partial charge on any atom is -0.497 e. The third kappa shape index (κ3) is 5.33. The SMILES string of the molecule is CCOC(=O)C[C@H]1N[C@@H](c2ccc(OC)cc2)CC[C@@H]1c1ccc(C(F)(F)F)cc1. The number of carbonyl (C=O) groups excluding carboxylic acids is 1. The van der Waals surface area contributed by atoms with Crippen molar-refractivity contribution in [3.05, 3.63) is 65.2 Å². The van der Waals surface area contributed by atoms with Crippen molar-refractivity contribution in [3.8, 4) is 5.75 Å². The zero-order valence-electron chi connectivity index (χ0n) is 17.0. The molecule has 3 atom stereocenters. The standard InChI is InChI=1S/C23H26F3NO3/c1-3-30-22(28)14-21-19(15-4-8-17(9-5-15)23(24,25)26)12-13-20(27-21)16-6-10-18(29-2)11-7-16/h4-11,19-21,27H,3,12-14H2,1-2H3/t19-,20-,21-/m1/s1. The van der Waals surface area contributed by atoms with Gasteiger partial charge in [-0.15, -0.1) is 0 Å². The Bertz CT molecular complexity index is 834. The van der Waals surface area contributed by atoms with Crippen LogP contribution in [0.3, 0.4) is 0 Å². The van der Waals surface area contributed by atoms with Gasteiger partial charge in [0.2, 0.25) is 0 Å². The minimum atomic E-state index is -4.37. The first-order valence-electron chi connectivity index (χ1n) is 10.0. The molecule has 1 N–H and O–H groups in total. The topological polar surface area (TPSA) is 47.6 Å². The maximum absolute atomic E-state index is 12.9. The molecule has 0 aromatic heterocycles. The molecule has 1 aliphatic rings. The number of hydrogen-bond donors (Lipinski definition) is 1. The number of carbonyl (C=O) groups is 1. The van der Waals surface area contributed by atoms with Crippen molar-refractivity contribution in [1.82, 2.24) is 5.32 Å². The van der Waals surface area contributed by atoms with Crippen molar-refractivity contribution >= 4 is 5.97 Å². The number of hydrogen-bond acceptors (Lipinski definition) is 4. The number of benzene rings is 2. The number of esters is 1. The third-order valence-electron chi connectivity index (χ3n) is 5.54. The van der Waals surface area contributed by atoms with Crippen molar-refractivity contribution in [2.75, 3.05) is 13.7 Å². The Kier molecular flexibility index (Phi) is 7.02. The van der Waals surface area contributed by atoms with Crippen LogP contribution >= 0.6 is 0 Å². The molecule has 0 saturated carbocycles. The summed E-state index contributed by atoms with van der Waals surface area (Å²) in [7, 11) is 1.61. The zero-order valence-corrected chi connectivity index (χ0v) is 17.0. The van der Waals surface area contributed by atoms with E-state index >= 15 is 0 Å². The van der Waals surface area contributed by atoms with Crippen molar-refractivity contribution in [2.24, 2.45) is 0 Å². The van der Waals surface area contributed by atoms with Crippen molar-refractivity contribution in [2.45, 2.75) is 50.4 Å². The Morgan fingerprint density at radius 1 is 1.03 bits per heavy atom. The zero-order chi connectivity index (χ0) is 21.7. The van der Waals surface area contributed by atoms with Gasteiger partial charge in [0.25, 0.3) is 0 Å². The van der Waals surface area contributed by atoms with Crippen LogP contribution in [0.25, 0.3) is 0 Å². The van der Waals surface area contributed by atoms with E-state index in [4.69, 9.17) is 9.47 Å². The highest BCUT2D eigenvalue weighted by molar-refractivity contribution is 5.70. The average Bonchev–Trinajstić information content (AvgIpc) is 2.73. The summed E-state index contributed by atoms with van der Waals surface area (Å²) in [5, 5.41) is 3.53. The predicted octanol–water partition coefficient (Wildman–Crippen LogP) is 5.24. The van der Waals surface area contributed by atoms with E-state index in [1.54, 1.807) is 14.0 Å². The molecule has 1 saturated heterocycles. The minimum absolute atomic E-state index is 0.0426. The van der Waals surface area contributed by atoms with Gasteiger partial charge in [0.05, 0.1) is 25.7 Å². The Hall–Kier alpha value is -2.54. The van der Waals surface area contributed by atoms with Crippen LogP contribution < -0.4 is 10.1 Å². The molecule has 0 unspecified atom stereocenters.